The molecule has 0 bridgehead atoms. The van der Waals surface area contributed by atoms with Gasteiger partial charge in [0.1, 0.15) is 11.5 Å². The summed E-state index contributed by atoms with van der Waals surface area (Å²) in [5, 5.41) is 17.0. The molecule has 2 heterocycles. The van der Waals surface area contributed by atoms with Crippen molar-refractivity contribution < 1.29 is 14.0 Å². The molecule has 8 nitrogen and oxygen atoms in total. The topological polar surface area (TPSA) is 101 Å². The number of carbonyl (C=O) groups excluding carboxylic acids is 2. The number of nitrogens with one attached hydrogen (secondary N) is 3. The Morgan fingerprint density at radius 1 is 1.34 bits per heavy atom. The zero-order valence-corrected chi connectivity index (χ0v) is 17.6. The van der Waals surface area contributed by atoms with Crippen LogP contribution in [0.4, 0.5) is 4.39 Å². The van der Waals surface area contributed by atoms with Crippen molar-refractivity contribution in [3.05, 3.63) is 47.0 Å². The molecule has 2 atom stereocenters. The van der Waals surface area contributed by atoms with E-state index in [0.29, 0.717) is 24.2 Å². The first kappa shape index (κ1) is 22.8. The fourth-order valence-electron chi connectivity index (χ4n) is 3.19. The van der Waals surface area contributed by atoms with Gasteiger partial charge < -0.3 is 16.0 Å². The van der Waals surface area contributed by atoms with Gasteiger partial charge in [-0.3, -0.25) is 9.59 Å². The maximum atomic E-state index is 13.7. The van der Waals surface area contributed by atoms with E-state index in [0.717, 1.165) is 0 Å². The van der Waals surface area contributed by atoms with Gasteiger partial charge in [-0.05, 0) is 44.9 Å². The van der Waals surface area contributed by atoms with Crippen molar-refractivity contribution in [1.82, 2.24) is 30.9 Å². The van der Waals surface area contributed by atoms with E-state index >= 15 is 0 Å². The molecule has 2 amide bonds. The number of hydrogen-bond acceptors (Lipinski definition) is 5. The van der Waals surface area contributed by atoms with Crippen LogP contribution in [0.3, 0.4) is 0 Å². The number of carbonyl (C=O) groups is 2. The third-order valence-electron chi connectivity index (χ3n) is 5.06. The van der Waals surface area contributed by atoms with Crippen LogP contribution in [0.2, 0.25) is 0 Å². The third-order valence-corrected chi connectivity index (χ3v) is 5.06. The number of likely N-dealkylation sites (N-methyl/N-ethyl adjacent to an activating group) is 1. The number of amides is 2. The molecule has 1 saturated heterocycles. The van der Waals surface area contributed by atoms with Crippen LogP contribution in [-0.2, 0) is 10.3 Å². The maximum Gasteiger partial charge on any atom is 0.252 e. The van der Waals surface area contributed by atoms with Crippen molar-refractivity contribution >= 4 is 24.2 Å². The predicted molar refractivity (Wildman–Crippen MR) is 108 cm³/mol. The monoisotopic (exact) mass is 424 g/mol. The first-order valence-corrected chi connectivity index (χ1v) is 9.17. The summed E-state index contributed by atoms with van der Waals surface area (Å²) in [6.07, 6.45) is 2.38. The zero-order chi connectivity index (χ0) is 20.5. The summed E-state index contributed by atoms with van der Waals surface area (Å²) in [4.78, 5) is 24.3. The minimum Gasteiger partial charge on any atom is -0.358 e. The molecule has 158 valence electrons. The molecule has 0 radical (unpaired) electrons. The van der Waals surface area contributed by atoms with Gasteiger partial charge in [0.05, 0.1) is 23.8 Å². The average Bonchev–Trinajstić information content (AvgIpc) is 3.32. The summed E-state index contributed by atoms with van der Waals surface area (Å²) in [5.74, 6) is -0.864. The van der Waals surface area contributed by atoms with Crippen LogP contribution in [-0.4, -0.2) is 46.4 Å². The van der Waals surface area contributed by atoms with Gasteiger partial charge in [-0.1, -0.05) is 11.3 Å². The molecule has 0 aliphatic carbocycles. The lowest BCUT2D eigenvalue weighted by molar-refractivity contribution is -0.122. The molecule has 0 unspecified atom stereocenters. The molecule has 1 aliphatic rings. The second-order valence-electron chi connectivity index (χ2n) is 7.59. The van der Waals surface area contributed by atoms with Crippen molar-refractivity contribution in [2.45, 2.75) is 44.8 Å². The summed E-state index contributed by atoms with van der Waals surface area (Å²) < 4.78 is 15.5. The number of halogens is 2. The number of aromatic nitrogens is 3. The van der Waals surface area contributed by atoms with Crippen LogP contribution in [0.5, 0.6) is 0 Å². The van der Waals surface area contributed by atoms with Gasteiger partial charge >= 0.3 is 0 Å². The van der Waals surface area contributed by atoms with Crippen LogP contribution in [0.1, 0.15) is 47.9 Å². The highest BCUT2D eigenvalue weighted by atomic mass is 35.5. The van der Waals surface area contributed by atoms with E-state index in [1.54, 1.807) is 37.0 Å². The summed E-state index contributed by atoms with van der Waals surface area (Å²) in [6, 6.07) is 4.13. The second kappa shape index (κ2) is 8.87. The fourth-order valence-corrected chi connectivity index (χ4v) is 3.19. The number of aryl methyl sites for hydroxylation is 1. The second-order valence-corrected chi connectivity index (χ2v) is 7.59. The van der Waals surface area contributed by atoms with Gasteiger partial charge in [0, 0.05) is 19.2 Å². The predicted octanol–water partition coefficient (Wildman–Crippen LogP) is 1.46. The smallest absolute Gasteiger partial charge is 0.252 e. The molecular formula is C19H26ClFN6O2. The van der Waals surface area contributed by atoms with Crippen molar-refractivity contribution in [3.63, 3.8) is 0 Å². The van der Waals surface area contributed by atoms with E-state index in [4.69, 9.17) is 0 Å². The maximum absolute atomic E-state index is 13.7. The van der Waals surface area contributed by atoms with E-state index in [1.165, 1.54) is 6.07 Å². The zero-order valence-electron chi connectivity index (χ0n) is 16.8. The Labute approximate surface area is 175 Å². The largest absolute Gasteiger partial charge is 0.358 e. The van der Waals surface area contributed by atoms with Gasteiger partial charge in [-0.25, -0.2) is 9.07 Å². The number of nitrogens with zero attached hydrogens (tertiary/aromatic N) is 3. The molecule has 29 heavy (non-hydrogen) atoms. The summed E-state index contributed by atoms with van der Waals surface area (Å²) in [6.45, 7) is 5.87. The van der Waals surface area contributed by atoms with E-state index < -0.39 is 11.4 Å². The number of rotatable bonds is 5. The summed E-state index contributed by atoms with van der Waals surface area (Å²) in [7, 11) is 1.61. The molecular weight excluding hydrogens is 399 g/mol. The summed E-state index contributed by atoms with van der Waals surface area (Å²) >= 11 is 0. The van der Waals surface area contributed by atoms with Gasteiger partial charge in [0.15, 0.2) is 0 Å². The molecule has 0 saturated carbocycles. The lowest BCUT2D eigenvalue weighted by atomic mass is 10.0. The molecule has 1 aromatic heterocycles. The Morgan fingerprint density at radius 2 is 2.07 bits per heavy atom. The molecule has 1 aromatic carbocycles. The molecule has 3 rings (SSSR count). The van der Waals surface area contributed by atoms with Crippen LogP contribution in [0.15, 0.2) is 24.4 Å². The Hall–Kier alpha value is -2.52. The number of benzene rings is 1. The van der Waals surface area contributed by atoms with Crippen LogP contribution >= 0.6 is 12.4 Å². The van der Waals surface area contributed by atoms with E-state index in [1.807, 2.05) is 13.8 Å². The highest BCUT2D eigenvalue weighted by Gasteiger charge is 2.32. The van der Waals surface area contributed by atoms with Gasteiger partial charge in [0.25, 0.3) is 5.91 Å². The summed E-state index contributed by atoms with van der Waals surface area (Å²) in [5.41, 5.74) is 0.510. The van der Waals surface area contributed by atoms with Gasteiger partial charge in [-0.15, -0.1) is 17.5 Å². The molecule has 10 heteroatoms. The quantitative estimate of drug-likeness (QED) is 0.674. The van der Waals surface area contributed by atoms with Crippen LogP contribution < -0.4 is 16.0 Å². The minimum absolute atomic E-state index is 0. The SMILES string of the molecule is CNC(=O)[C@@H]1C[C@@H](n2cc(C(C)(C)NC(=O)c3ccc(C)c(F)c3)nn2)CN1.Cl. The first-order chi connectivity index (χ1) is 13.2. The van der Waals surface area contributed by atoms with Gasteiger partial charge in [0.2, 0.25) is 5.91 Å². The Balaban J connectivity index is 0.00000300. The minimum atomic E-state index is -0.803. The Morgan fingerprint density at radius 3 is 2.72 bits per heavy atom. The number of hydrogen-bond donors (Lipinski definition) is 3. The third kappa shape index (κ3) is 4.91. The molecule has 1 fully saturated rings. The fraction of sp³-hybridized carbons (Fsp3) is 0.474. The molecule has 0 spiro atoms. The lowest BCUT2D eigenvalue weighted by Crippen LogP contribution is -2.41. The lowest BCUT2D eigenvalue weighted by Gasteiger charge is -2.24. The molecule has 3 N–H and O–H groups in total. The van der Waals surface area contributed by atoms with Crippen molar-refractivity contribution in [2.24, 2.45) is 0 Å². The highest BCUT2D eigenvalue weighted by molar-refractivity contribution is 5.94. The average molecular weight is 425 g/mol. The van der Waals surface area contributed by atoms with E-state index in [-0.39, 0.29) is 41.9 Å². The van der Waals surface area contributed by atoms with Gasteiger partial charge in [-0.2, -0.15) is 0 Å². The Kier molecular flexibility index (Phi) is 6.97. The van der Waals surface area contributed by atoms with Crippen molar-refractivity contribution in [2.75, 3.05) is 13.6 Å². The first-order valence-electron chi connectivity index (χ1n) is 9.17. The standard InChI is InChI=1S/C19H25FN6O2.ClH/c1-11-5-6-12(7-14(11)20)17(27)23-19(2,3)16-10-26(25-24-16)13-8-15(22-9-13)18(28)21-4;/h5-7,10,13,15,22H,8-9H2,1-4H3,(H,21,28)(H,23,27);1H/t13-,15+;/m1./s1. The van der Waals surface area contributed by atoms with E-state index in [9.17, 15) is 14.0 Å². The van der Waals surface area contributed by atoms with Crippen molar-refractivity contribution in [3.8, 4) is 0 Å². The highest BCUT2D eigenvalue weighted by Crippen LogP contribution is 2.23. The van der Waals surface area contributed by atoms with Crippen LogP contribution in [0, 0.1) is 12.7 Å². The normalized spacial score (nSPS) is 18.8. The Bertz CT molecular complexity index is 901. The molecule has 1 aliphatic heterocycles. The van der Waals surface area contributed by atoms with Crippen LogP contribution in [0.25, 0.3) is 0 Å². The van der Waals surface area contributed by atoms with Crippen molar-refractivity contribution in [1.29, 1.82) is 0 Å². The molecule has 2 aromatic rings. The van der Waals surface area contributed by atoms with E-state index in [2.05, 4.69) is 26.3 Å².